The van der Waals surface area contributed by atoms with Crippen molar-refractivity contribution in [3.05, 3.63) is 35.3 Å². The summed E-state index contributed by atoms with van der Waals surface area (Å²) in [5, 5.41) is 22.8. The Labute approximate surface area is 126 Å². The van der Waals surface area contributed by atoms with Gasteiger partial charge in [0, 0.05) is 10.9 Å². The van der Waals surface area contributed by atoms with Crippen LogP contribution >= 0.6 is 0 Å². The van der Waals surface area contributed by atoms with E-state index in [4.69, 9.17) is 4.42 Å². The van der Waals surface area contributed by atoms with Crippen LogP contribution < -0.4 is 5.32 Å². The molecule has 1 aliphatic carbocycles. The number of carbonyl (C=O) groups excluding carboxylic acids is 1. The highest BCUT2D eigenvalue weighted by molar-refractivity contribution is 5.99. The van der Waals surface area contributed by atoms with E-state index in [1.807, 2.05) is 0 Å². The average Bonchev–Trinajstić information content (AvgIpc) is 2.83. The van der Waals surface area contributed by atoms with Gasteiger partial charge in [0.05, 0.1) is 12.1 Å². The van der Waals surface area contributed by atoms with Gasteiger partial charge in [-0.25, -0.2) is 4.39 Å². The molecule has 1 heterocycles. The van der Waals surface area contributed by atoms with Crippen molar-refractivity contribution in [3.8, 4) is 0 Å². The lowest BCUT2D eigenvalue weighted by atomic mass is 9.90. The van der Waals surface area contributed by atoms with Crippen LogP contribution in [0.4, 0.5) is 4.39 Å². The number of hydrogen-bond donors (Lipinski definition) is 3. The predicted octanol–water partition coefficient (Wildman–Crippen LogP) is 1.88. The van der Waals surface area contributed by atoms with E-state index in [1.54, 1.807) is 19.1 Å². The number of carbonyl (C=O) groups is 1. The maximum atomic E-state index is 13.7. The fourth-order valence-corrected chi connectivity index (χ4v) is 2.97. The first-order valence-electron chi connectivity index (χ1n) is 7.33. The molecule has 0 spiro atoms. The molecule has 118 valence electrons. The monoisotopic (exact) mass is 307 g/mol. The minimum absolute atomic E-state index is 0.0346. The van der Waals surface area contributed by atoms with E-state index in [0.29, 0.717) is 23.8 Å². The van der Waals surface area contributed by atoms with Crippen molar-refractivity contribution in [1.29, 1.82) is 0 Å². The van der Waals surface area contributed by atoms with E-state index in [9.17, 15) is 19.4 Å². The van der Waals surface area contributed by atoms with Crippen LogP contribution in [0.25, 0.3) is 11.0 Å². The Morgan fingerprint density at radius 1 is 1.36 bits per heavy atom. The molecule has 3 atom stereocenters. The SMILES string of the molecule is Cc1c(C(=O)N[C@@H]2CCC[C@@H](O)[C@@H]2O)oc2c(F)cccc12. The Morgan fingerprint density at radius 3 is 2.86 bits per heavy atom. The van der Waals surface area contributed by atoms with Gasteiger partial charge in [0.15, 0.2) is 17.2 Å². The van der Waals surface area contributed by atoms with Crippen molar-refractivity contribution >= 4 is 16.9 Å². The normalized spacial score (nSPS) is 25.4. The number of amides is 1. The van der Waals surface area contributed by atoms with Gasteiger partial charge < -0.3 is 19.9 Å². The molecule has 22 heavy (non-hydrogen) atoms. The molecule has 0 bridgehead atoms. The fraction of sp³-hybridized carbons (Fsp3) is 0.438. The second-order valence-electron chi connectivity index (χ2n) is 5.74. The van der Waals surface area contributed by atoms with E-state index in [-0.39, 0.29) is 11.3 Å². The third-order valence-corrected chi connectivity index (χ3v) is 4.26. The Kier molecular flexibility index (Phi) is 3.88. The molecule has 0 radical (unpaired) electrons. The summed E-state index contributed by atoms with van der Waals surface area (Å²) < 4.78 is 19.1. The molecule has 1 aliphatic rings. The van der Waals surface area contributed by atoms with E-state index in [1.165, 1.54) is 6.07 Å². The number of hydrogen-bond acceptors (Lipinski definition) is 4. The van der Waals surface area contributed by atoms with Crippen LogP contribution in [0.2, 0.25) is 0 Å². The van der Waals surface area contributed by atoms with Gasteiger partial charge in [0.2, 0.25) is 0 Å². The molecular formula is C16H18FNO4. The molecule has 0 saturated heterocycles. The summed E-state index contributed by atoms with van der Waals surface area (Å²) in [5.41, 5.74) is 0.604. The maximum absolute atomic E-state index is 13.7. The molecule has 1 saturated carbocycles. The number of benzene rings is 1. The zero-order valence-electron chi connectivity index (χ0n) is 12.2. The summed E-state index contributed by atoms with van der Waals surface area (Å²) in [6.45, 7) is 1.69. The lowest BCUT2D eigenvalue weighted by molar-refractivity contribution is -0.0279. The van der Waals surface area contributed by atoms with Gasteiger partial charge in [-0.1, -0.05) is 12.1 Å². The second kappa shape index (κ2) is 5.70. The van der Waals surface area contributed by atoms with Crippen molar-refractivity contribution in [2.75, 3.05) is 0 Å². The number of aryl methyl sites for hydroxylation is 1. The second-order valence-corrected chi connectivity index (χ2v) is 5.74. The largest absolute Gasteiger partial charge is 0.448 e. The van der Waals surface area contributed by atoms with Crippen molar-refractivity contribution in [2.45, 2.75) is 44.4 Å². The van der Waals surface area contributed by atoms with Crippen LogP contribution in [0.5, 0.6) is 0 Å². The van der Waals surface area contributed by atoms with Crippen molar-refractivity contribution in [3.63, 3.8) is 0 Å². The van der Waals surface area contributed by atoms with Gasteiger partial charge in [0.1, 0.15) is 6.10 Å². The summed E-state index contributed by atoms with van der Waals surface area (Å²) in [6, 6.07) is 3.98. The molecule has 0 unspecified atom stereocenters. The standard InChI is InChI=1S/C16H18FNO4/c1-8-9-4-2-5-10(17)15(9)22-14(8)16(21)18-11-6-3-7-12(19)13(11)20/h2,4-5,11-13,19-20H,3,6-7H2,1H3,(H,18,21)/t11-,12-,13-/m1/s1. The Balaban J connectivity index is 1.86. The highest BCUT2D eigenvalue weighted by Gasteiger charge is 2.32. The van der Waals surface area contributed by atoms with Gasteiger partial charge in [-0.2, -0.15) is 0 Å². The van der Waals surface area contributed by atoms with E-state index in [2.05, 4.69) is 5.32 Å². The number of furan rings is 1. The van der Waals surface area contributed by atoms with Crippen LogP contribution in [0.3, 0.4) is 0 Å². The molecule has 3 N–H and O–H groups in total. The minimum Gasteiger partial charge on any atom is -0.448 e. The van der Waals surface area contributed by atoms with Crippen LogP contribution in [0.15, 0.2) is 22.6 Å². The number of para-hydroxylation sites is 1. The third kappa shape index (κ3) is 2.48. The van der Waals surface area contributed by atoms with Gasteiger partial charge in [-0.05, 0) is 32.3 Å². The maximum Gasteiger partial charge on any atom is 0.287 e. The van der Waals surface area contributed by atoms with E-state index >= 15 is 0 Å². The summed E-state index contributed by atoms with van der Waals surface area (Å²) in [4.78, 5) is 12.3. The highest BCUT2D eigenvalue weighted by atomic mass is 19.1. The lowest BCUT2D eigenvalue weighted by Gasteiger charge is -2.32. The number of rotatable bonds is 2. The summed E-state index contributed by atoms with van der Waals surface area (Å²) in [5.74, 6) is -0.994. The number of nitrogens with one attached hydrogen (secondary N) is 1. The van der Waals surface area contributed by atoms with Gasteiger partial charge in [-0.3, -0.25) is 4.79 Å². The zero-order valence-corrected chi connectivity index (χ0v) is 12.2. The molecule has 1 aromatic heterocycles. The lowest BCUT2D eigenvalue weighted by Crippen LogP contribution is -2.51. The number of fused-ring (bicyclic) bond motifs is 1. The zero-order chi connectivity index (χ0) is 15.9. The first kappa shape index (κ1) is 15.0. The van der Waals surface area contributed by atoms with Crippen LogP contribution in [0, 0.1) is 12.7 Å². The molecule has 3 rings (SSSR count). The smallest absolute Gasteiger partial charge is 0.287 e. The van der Waals surface area contributed by atoms with Gasteiger partial charge in [-0.15, -0.1) is 0 Å². The molecule has 5 nitrogen and oxygen atoms in total. The average molecular weight is 307 g/mol. The Hall–Kier alpha value is -1.92. The van der Waals surface area contributed by atoms with E-state index < -0.39 is 30.0 Å². The third-order valence-electron chi connectivity index (χ3n) is 4.26. The topological polar surface area (TPSA) is 82.7 Å². The van der Waals surface area contributed by atoms with Crippen LogP contribution in [0.1, 0.15) is 35.4 Å². The first-order valence-corrected chi connectivity index (χ1v) is 7.33. The summed E-state index contributed by atoms with van der Waals surface area (Å²) >= 11 is 0. The number of halogens is 1. The minimum atomic E-state index is -1.00. The van der Waals surface area contributed by atoms with E-state index in [0.717, 1.165) is 6.42 Å². The van der Waals surface area contributed by atoms with Gasteiger partial charge >= 0.3 is 0 Å². The Bertz CT molecular complexity index is 711. The van der Waals surface area contributed by atoms with Gasteiger partial charge in [0.25, 0.3) is 5.91 Å². The summed E-state index contributed by atoms with van der Waals surface area (Å²) in [7, 11) is 0. The molecule has 6 heteroatoms. The molecule has 1 fully saturated rings. The molecular weight excluding hydrogens is 289 g/mol. The first-order chi connectivity index (χ1) is 10.5. The number of aliphatic hydroxyl groups excluding tert-OH is 2. The Morgan fingerprint density at radius 2 is 2.14 bits per heavy atom. The van der Waals surface area contributed by atoms with Crippen LogP contribution in [-0.4, -0.2) is 34.4 Å². The summed E-state index contributed by atoms with van der Waals surface area (Å²) in [6.07, 6.45) is -0.0240. The van der Waals surface area contributed by atoms with Crippen LogP contribution in [-0.2, 0) is 0 Å². The van der Waals surface area contributed by atoms with Crippen molar-refractivity contribution in [1.82, 2.24) is 5.32 Å². The molecule has 1 amide bonds. The predicted molar refractivity (Wildman–Crippen MR) is 78.0 cm³/mol. The molecule has 2 aromatic rings. The fourth-order valence-electron chi connectivity index (χ4n) is 2.97. The molecule has 0 aliphatic heterocycles. The highest BCUT2D eigenvalue weighted by Crippen LogP contribution is 2.28. The van der Waals surface area contributed by atoms with Crippen molar-refractivity contribution in [2.24, 2.45) is 0 Å². The molecule has 1 aromatic carbocycles. The number of aliphatic hydroxyl groups is 2. The van der Waals surface area contributed by atoms with Crippen molar-refractivity contribution < 1.29 is 23.8 Å². The quantitative estimate of drug-likeness (QED) is 0.791.